The van der Waals surface area contributed by atoms with Gasteiger partial charge in [-0.25, -0.2) is 9.97 Å². The van der Waals surface area contributed by atoms with Crippen molar-refractivity contribution < 1.29 is 9.47 Å². The molecule has 200 valence electrons. The summed E-state index contributed by atoms with van der Waals surface area (Å²) in [7, 11) is 0. The number of nitrogens with zero attached hydrogens (tertiary/aromatic N) is 3. The van der Waals surface area contributed by atoms with Crippen molar-refractivity contribution in [3.05, 3.63) is 84.2 Å². The molecule has 0 amide bonds. The molecule has 6 nitrogen and oxygen atoms in total. The second kappa shape index (κ2) is 13.0. The van der Waals surface area contributed by atoms with E-state index in [1.165, 1.54) is 0 Å². The molecular weight excluding hydrogens is 492 g/mol. The molecule has 0 unspecified atom stereocenters. The molecule has 0 aliphatic heterocycles. The first-order chi connectivity index (χ1) is 18.4. The maximum Gasteiger partial charge on any atom is 0.243 e. The quantitative estimate of drug-likeness (QED) is 0.188. The summed E-state index contributed by atoms with van der Waals surface area (Å²) in [5, 5.41) is 4.24. The number of benzene rings is 2. The van der Waals surface area contributed by atoms with Crippen molar-refractivity contribution in [2.45, 2.75) is 46.6 Å². The molecule has 0 saturated heterocycles. The second-order valence-electron chi connectivity index (χ2n) is 10.1. The molecule has 7 heteroatoms. The van der Waals surface area contributed by atoms with Crippen LogP contribution in [-0.4, -0.2) is 41.1 Å². The van der Waals surface area contributed by atoms with Gasteiger partial charge in [-0.3, -0.25) is 0 Å². The summed E-state index contributed by atoms with van der Waals surface area (Å²) in [6, 6.07) is 22.3. The largest absolute Gasteiger partial charge is 0.437 e. The monoisotopic (exact) mass is 530 g/mol. The molecule has 0 fully saturated rings. The fourth-order valence-corrected chi connectivity index (χ4v) is 5.17. The van der Waals surface area contributed by atoms with Gasteiger partial charge < -0.3 is 19.7 Å². The van der Waals surface area contributed by atoms with Crippen molar-refractivity contribution in [2.24, 2.45) is 0 Å². The molecule has 1 N–H and O–H groups in total. The van der Waals surface area contributed by atoms with E-state index in [0.717, 1.165) is 57.9 Å². The lowest BCUT2D eigenvalue weighted by Crippen LogP contribution is -2.27. The molecule has 0 spiro atoms. The SMILES string of the molecule is CCN(CC)CCOCc1nc(Nc2cccnc2Oc2ccccc2C(C)(C)C)sc1-c1ccccc1. The van der Waals surface area contributed by atoms with Gasteiger partial charge in [-0.1, -0.05) is 94.5 Å². The zero-order chi connectivity index (χ0) is 27.0. The minimum absolute atomic E-state index is 0.0565. The van der Waals surface area contributed by atoms with Gasteiger partial charge in [-0.05, 0) is 42.3 Å². The number of aromatic nitrogens is 2. The zero-order valence-corrected chi connectivity index (χ0v) is 23.8. The lowest BCUT2D eigenvalue weighted by atomic mass is 9.86. The van der Waals surface area contributed by atoms with E-state index >= 15 is 0 Å². The summed E-state index contributed by atoms with van der Waals surface area (Å²) in [5.74, 6) is 1.31. The second-order valence-corrected chi connectivity index (χ2v) is 11.1. The van der Waals surface area contributed by atoms with E-state index in [9.17, 15) is 0 Å². The summed E-state index contributed by atoms with van der Waals surface area (Å²) in [5.41, 5.74) is 3.88. The smallest absolute Gasteiger partial charge is 0.243 e. The first-order valence-electron chi connectivity index (χ1n) is 13.2. The molecule has 4 aromatic rings. The Morgan fingerprint density at radius 3 is 2.39 bits per heavy atom. The number of likely N-dealkylation sites (N-methyl/N-ethyl adjacent to an activating group) is 1. The predicted molar refractivity (Wildman–Crippen MR) is 158 cm³/mol. The number of ether oxygens (including phenoxy) is 2. The molecule has 0 bridgehead atoms. The average molecular weight is 531 g/mol. The first-order valence-corrected chi connectivity index (χ1v) is 14.0. The number of hydrogen-bond donors (Lipinski definition) is 1. The molecule has 2 aromatic heterocycles. The fraction of sp³-hybridized carbons (Fsp3) is 0.355. The molecule has 2 aromatic carbocycles. The number of hydrogen-bond acceptors (Lipinski definition) is 7. The van der Waals surface area contributed by atoms with Crippen molar-refractivity contribution in [2.75, 3.05) is 31.6 Å². The molecule has 0 saturated carbocycles. The summed E-state index contributed by atoms with van der Waals surface area (Å²) >= 11 is 1.61. The van der Waals surface area contributed by atoms with Gasteiger partial charge >= 0.3 is 0 Å². The van der Waals surface area contributed by atoms with Gasteiger partial charge in [0.25, 0.3) is 0 Å². The van der Waals surface area contributed by atoms with E-state index in [0.29, 0.717) is 19.1 Å². The van der Waals surface area contributed by atoms with E-state index in [-0.39, 0.29) is 5.41 Å². The van der Waals surface area contributed by atoms with Gasteiger partial charge in [-0.2, -0.15) is 0 Å². The maximum absolute atomic E-state index is 6.36. The Hall–Kier alpha value is -3.26. The minimum atomic E-state index is -0.0565. The highest BCUT2D eigenvalue weighted by molar-refractivity contribution is 7.19. The molecule has 0 radical (unpaired) electrons. The summed E-state index contributed by atoms with van der Waals surface area (Å²) < 4.78 is 12.4. The van der Waals surface area contributed by atoms with Crippen LogP contribution in [0.3, 0.4) is 0 Å². The van der Waals surface area contributed by atoms with Gasteiger partial charge in [0.2, 0.25) is 5.88 Å². The summed E-state index contributed by atoms with van der Waals surface area (Å²) in [6.45, 7) is 15.0. The first kappa shape index (κ1) is 27.8. The standard InChI is InChI=1S/C31H38N4O2S/c1-6-35(7-2)20-21-36-22-26-28(23-14-9-8-10-15-23)38-30(34-26)33-25-17-13-19-32-29(25)37-27-18-12-11-16-24(27)31(3,4)5/h8-19H,6-7,20-22H2,1-5H3,(H,33,34). The fourth-order valence-electron chi connectivity index (χ4n) is 4.18. The van der Waals surface area contributed by atoms with Gasteiger partial charge in [0.15, 0.2) is 5.13 Å². The number of thiazole rings is 1. The van der Waals surface area contributed by atoms with Crippen molar-refractivity contribution >= 4 is 22.2 Å². The normalized spacial score (nSPS) is 11.6. The average Bonchev–Trinajstić information content (AvgIpc) is 3.32. The summed E-state index contributed by atoms with van der Waals surface area (Å²) in [4.78, 5) is 12.9. The molecular formula is C31H38N4O2S. The number of rotatable bonds is 12. The predicted octanol–water partition coefficient (Wildman–Crippen LogP) is 7.90. The van der Waals surface area contributed by atoms with Crippen LogP contribution in [-0.2, 0) is 16.8 Å². The third-order valence-corrected chi connectivity index (χ3v) is 7.39. The van der Waals surface area contributed by atoms with Crippen LogP contribution in [0.15, 0.2) is 72.9 Å². The van der Waals surface area contributed by atoms with Gasteiger partial charge in [0.1, 0.15) is 11.4 Å². The Labute approximate surface area is 230 Å². The van der Waals surface area contributed by atoms with Crippen molar-refractivity contribution in [3.63, 3.8) is 0 Å². The highest BCUT2D eigenvalue weighted by atomic mass is 32.1. The molecule has 2 heterocycles. The van der Waals surface area contributed by atoms with Crippen LogP contribution in [0.25, 0.3) is 10.4 Å². The van der Waals surface area contributed by atoms with Crippen LogP contribution in [0.1, 0.15) is 45.9 Å². The highest BCUT2D eigenvalue weighted by Gasteiger charge is 2.20. The Bertz CT molecular complexity index is 1300. The van der Waals surface area contributed by atoms with Gasteiger partial charge in [0.05, 0.1) is 23.8 Å². The van der Waals surface area contributed by atoms with Crippen LogP contribution in [0.2, 0.25) is 0 Å². The molecule has 38 heavy (non-hydrogen) atoms. The van der Waals surface area contributed by atoms with Crippen LogP contribution in [0, 0.1) is 0 Å². The summed E-state index contributed by atoms with van der Waals surface area (Å²) in [6.07, 6.45) is 1.74. The Balaban J connectivity index is 1.57. The molecule has 4 rings (SSSR count). The molecule has 0 aliphatic carbocycles. The number of anilines is 2. The van der Waals surface area contributed by atoms with Gasteiger partial charge in [0, 0.05) is 18.3 Å². The topological polar surface area (TPSA) is 59.5 Å². The third-order valence-electron chi connectivity index (χ3n) is 6.33. The van der Waals surface area contributed by atoms with Crippen LogP contribution >= 0.6 is 11.3 Å². The van der Waals surface area contributed by atoms with Crippen LogP contribution in [0.5, 0.6) is 11.6 Å². The number of nitrogens with one attached hydrogen (secondary N) is 1. The molecule has 0 aliphatic rings. The number of para-hydroxylation sites is 1. The number of pyridine rings is 1. The third kappa shape index (κ3) is 7.19. The highest BCUT2D eigenvalue weighted by Crippen LogP contribution is 2.39. The molecule has 0 atom stereocenters. The van der Waals surface area contributed by atoms with E-state index in [2.05, 4.69) is 68.0 Å². The van der Waals surface area contributed by atoms with E-state index in [1.54, 1.807) is 17.5 Å². The van der Waals surface area contributed by atoms with Crippen molar-refractivity contribution in [1.29, 1.82) is 0 Å². The Morgan fingerprint density at radius 2 is 1.66 bits per heavy atom. The van der Waals surface area contributed by atoms with E-state index < -0.39 is 0 Å². The lowest BCUT2D eigenvalue weighted by Gasteiger charge is -2.22. The Kier molecular flexibility index (Phi) is 9.50. The van der Waals surface area contributed by atoms with Crippen LogP contribution < -0.4 is 10.1 Å². The van der Waals surface area contributed by atoms with E-state index in [4.69, 9.17) is 14.5 Å². The minimum Gasteiger partial charge on any atom is -0.437 e. The van der Waals surface area contributed by atoms with Crippen molar-refractivity contribution in [3.8, 4) is 22.1 Å². The maximum atomic E-state index is 6.36. The van der Waals surface area contributed by atoms with Crippen molar-refractivity contribution in [1.82, 2.24) is 14.9 Å². The Morgan fingerprint density at radius 1 is 0.921 bits per heavy atom. The zero-order valence-electron chi connectivity index (χ0n) is 23.0. The van der Waals surface area contributed by atoms with E-state index in [1.807, 2.05) is 48.5 Å². The van der Waals surface area contributed by atoms with Gasteiger partial charge in [-0.15, -0.1) is 0 Å². The van der Waals surface area contributed by atoms with Crippen LogP contribution in [0.4, 0.5) is 10.8 Å². The lowest BCUT2D eigenvalue weighted by molar-refractivity contribution is 0.0942.